The molecule has 2 aliphatic rings. The van der Waals surface area contributed by atoms with Crippen LogP contribution in [0.1, 0.15) is 73.8 Å². The lowest BCUT2D eigenvalue weighted by atomic mass is 9.90. The Hall–Kier alpha value is -3.11. The number of benzene rings is 1. The minimum absolute atomic E-state index is 0. The standard InChI is InChI=1S/C27H34FN4O5.CH3/c1-3-24(34)36-16-32(14-10-20-17(2)29-26-22(33)5-4-11-31(26)27(20)35)12-8-18(9-13-32)25-21-7-6-19(28)15-23(21)37-30-25;/h6-7,15,18,22,33H,3-5,8-14,16H2,1-2H3;1H3/q+1;-1. The van der Waals surface area contributed by atoms with Crippen LogP contribution in [0.2, 0.25) is 0 Å². The molecule has 10 heteroatoms. The van der Waals surface area contributed by atoms with Crippen LogP contribution < -0.4 is 5.56 Å². The largest absolute Gasteiger partial charge is 0.415 e. The van der Waals surface area contributed by atoms with E-state index in [0.717, 1.165) is 43.4 Å². The van der Waals surface area contributed by atoms with E-state index in [0.29, 0.717) is 59.5 Å². The smallest absolute Gasteiger partial charge is 0.309 e. The molecular formula is C28H37FN4O5. The van der Waals surface area contributed by atoms with Crippen molar-refractivity contribution in [1.29, 1.82) is 0 Å². The number of aliphatic hydroxyl groups excluding tert-OH is 1. The molecule has 4 heterocycles. The van der Waals surface area contributed by atoms with Crippen molar-refractivity contribution in [3.63, 3.8) is 0 Å². The quantitative estimate of drug-likeness (QED) is 0.281. The summed E-state index contributed by atoms with van der Waals surface area (Å²) in [4.78, 5) is 29.9. The van der Waals surface area contributed by atoms with Gasteiger partial charge >= 0.3 is 5.97 Å². The predicted molar refractivity (Wildman–Crippen MR) is 140 cm³/mol. The van der Waals surface area contributed by atoms with E-state index in [1.165, 1.54) is 12.1 Å². The molecule has 38 heavy (non-hydrogen) atoms. The lowest BCUT2D eigenvalue weighted by molar-refractivity contribution is -0.948. The Bertz CT molecular complexity index is 1360. The highest BCUT2D eigenvalue weighted by Crippen LogP contribution is 2.35. The molecule has 1 fully saturated rings. The van der Waals surface area contributed by atoms with E-state index in [1.54, 1.807) is 17.6 Å². The molecule has 0 amide bonds. The van der Waals surface area contributed by atoms with E-state index in [-0.39, 0.29) is 37.4 Å². The lowest BCUT2D eigenvalue weighted by Gasteiger charge is -2.42. The number of hydrogen-bond donors (Lipinski definition) is 1. The van der Waals surface area contributed by atoms with Gasteiger partial charge in [-0.3, -0.25) is 18.6 Å². The first kappa shape index (κ1) is 27.9. The average molecular weight is 529 g/mol. The van der Waals surface area contributed by atoms with Crippen molar-refractivity contribution >= 4 is 16.9 Å². The number of aryl methyl sites for hydroxylation is 1. The molecule has 0 radical (unpaired) electrons. The van der Waals surface area contributed by atoms with Crippen LogP contribution in [0, 0.1) is 20.2 Å². The number of nitrogens with zero attached hydrogens (tertiary/aromatic N) is 4. The summed E-state index contributed by atoms with van der Waals surface area (Å²) in [6.07, 6.45) is 3.07. The van der Waals surface area contributed by atoms with Gasteiger partial charge in [-0.1, -0.05) is 12.1 Å². The van der Waals surface area contributed by atoms with Crippen LogP contribution in [-0.2, 0) is 22.5 Å². The maximum atomic E-state index is 13.6. The molecule has 2 aromatic heterocycles. The van der Waals surface area contributed by atoms with Gasteiger partial charge in [-0.15, -0.1) is 0 Å². The number of aromatic nitrogens is 3. The van der Waals surface area contributed by atoms with Crippen molar-refractivity contribution in [2.75, 3.05) is 26.4 Å². The third kappa shape index (κ3) is 5.37. The molecule has 0 spiro atoms. The number of carbonyl (C=O) groups excluding carboxylic acids is 1. The number of aliphatic hydroxyl groups is 1. The zero-order chi connectivity index (χ0) is 26.2. The summed E-state index contributed by atoms with van der Waals surface area (Å²) >= 11 is 0. The lowest BCUT2D eigenvalue weighted by Crippen LogP contribution is -2.55. The van der Waals surface area contributed by atoms with Gasteiger partial charge in [-0.2, -0.15) is 0 Å². The molecule has 1 saturated heterocycles. The van der Waals surface area contributed by atoms with E-state index >= 15 is 0 Å². The van der Waals surface area contributed by atoms with Gasteiger partial charge in [0, 0.05) is 60.9 Å². The van der Waals surface area contributed by atoms with Gasteiger partial charge in [-0.25, -0.2) is 9.37 Å². The highest BCUT2D eigenvalue weighted by molar-refractivity contribution is 5.79. The van der Waals surface area contributed by atoms with Crippen molar-refractivity contribution in [3.8, 4) is 0 Å². The zero-order valence-corrected chi connectivity index (χ0v) is 22.4. The number of hydrogen-bond acceptors (Lipinski definition) is 7. The molecule has 1 aromatic carbocycles. The van der Waals surface area contributed by atoms with Crippen molar-refractivity contribution in [3.05, 3.63) is 64.6 Å². The molecule has 3 aromatic rings. The topological polar surface area (TPSA) is 107 Å². The van der Waals surface area contributed by atoms with Crippen LogP contribution in [0.5, 0.6) is 0 Å². The van der Waals surface area contributed by atoms with Gasteiger partial charge < -0.3 is 21.8 Å². The Morgan fingerprint density at radius 1 is 1.29 bits per heavy atom. The maximum absolute atomic E-state index is 13.6. The Labute approximate surface area is 221 Å². The van der Waals surface area contributed by atoms with Gasteiger partial charge in [0.1, 0.15) is 17.7 Å². The Morgan fingerprint density at radius 2 is 2.05 bits per heavy atom. The van der Waals surface area contributed by atoms with E-state index in [4.69, 9.17) is 9.26 Å². The molecule has 9 nitrogen and oxygen atoms in total. The molecule has 1 atom stereocenters. The number of likely N-dealkylation sites (tertiary alicyclic amines) is 1. The number of fused-ring (bicyclic) bond motifs is 2. The molecule has 1 unspecified atom stereocenters. The molecule has 0 aliphatic carbocycles. The van der Waals surface area contributed by atoms with Gasteiger partial charge in [0.05, 0.1) is 25.3 Å². The van der Waals surface area contributed by atoms with E-state index < -0.39 is 6.10 Å². The fraction of sp³-hybridized carbons (Fsp3) is 0.536. The normalized spacial score (nSPS) is 23.1. The van der Waals surface area contributed by atoms with Gasteiger partial charge in [0.25, 0.3) is 5.56 Å². The van der Waals surface area contributed by atoms with E-state index in [9.17, 15) is 19.1 Å². The number of esters is 1. The Morgan fingerprint density at radius 3 is 2.79 bits per heavy atom. The van der Waals surface area contributed by atoms with Crippen LogP contribution in [0.25, 0.3) is 11.0 Å². The Balaban J connectivity index is 0.00000336. The average Bonchev–Trinajstić information content (AvgIpc) is 3.31. The first-order valence-electron chi connectivity index (χ1n) is 13.1. The predicted octanol–water partition coefficient (Wildman–Crippen LogP) is 3.96. The van der Waals surface area contributed by atoms with Crippen molar-refractivity contribution in [2.45, 2.75) is 70.9 Å². The summed E-state index contributed by atoms with van der Waals surface area (Å²) in [5.74, 6) is 0.00683. The second kappa shape index (κ2) is 11.3. The number of ether oxygens (including phenoxy) is 1. The minimum Gasteiger partial charge on any atom is -0.415 e. The van der Waals surface area contributed by atoms with Crippen molar-refractivity contribution in [1.82, 2.24) is 14.7 Å². The number of rotatable bonds is 7. The van der Waals surface area contributed by atoms with Gasteiger partial charge in [0.2, 0.25) is 6.73 Å². The van der Waals surface area contributed by atoms with Crippen LogP contribution >= 0.6 is 0 Å². The summed E-state index contributed by atoms with van der Waals surface area (Å²) in [5, 5.41) is 15.4. The summed E-state index contributed by atoms with van der Waals surface area (Å²) in [5.41, 5.74) is 2.51. The number of halogens is 1. The SMILES string of the molecule is CCC(=O)OC[N+]1(CCc2c(C)nc3n(c2=O)CCCC3O)CCC(c2noc3cc(F)ccc23)CC1.[CH3-]. The first-order valence-corrected chi connectivity index (χ1v) is 13.1. The number of carbonyl (C=O) groups is 1. The third-order valence-electron chi connectivity index (χ3n) is 8.03. The second-order valence-corrected chi connectivity index (χ2v) is 10.4. The summed E-state index contributed by atoms with van der Waals surface area (Å²) in [6.45, 7) is 6.54. The molecule has 0 saturated carbocycles. The summed E-state index contributed by atoms with van der Waals surface area (Å²) in [7, 11) is 0. The molecule has 1 N–H and O–H groups in total. The monoisotopic (exact) mass is 528 g/mol. The number of piperidine rings is 1. The fourth-order valence-corrected chi connectivity index (χ4v) is 5.74. The minimum atomic E-state index is -0.704. The molecule has 5 rings (SSSR count). The fourth-order valence-electron chi connectivity index (χ4n) is 5.74. The van der Waals surface area contributed by atoms with Crippen LogP contribution in [-0.4, -0.2) is 56.6 Å². The van der Waals surface area contributed by atoms with E-state index in [2.05, 4.69) is 10.1 Å². The van der Waals surface area contributed by atoms with Crippen LogP contribution in [0.15, 0.2) is 27.5 Å². The maximum Gasteiger partial charge on any atom is 0.309 e. The second-order valence-electron chi connectivity index (χ2n) is 10.4. The van der Waals surface area contributed by atoms with Gasteiger partial charge in [-0.05, 0) is 31.9 Å². The van der Waals surface area contributed by atoms with Crippen LogP contribution in [0.3, 0.4) is 0 Å². The summed E-state index contributed by atoms with van der Waals surface area (Å²) in [6, 6.07) is 4.49. The number of quaternary nitrogens is 1. The highest BCUT2D eigenvalue weighted by Gasteiger charge is 2.37. The highest BCUT2D eigenvalue weighted by atomic mass is 19.1. The van der Waals surface area contributed by atoms with E-state index in [1.807, 2.05) is 6.92 Å². The van der Waals surface area contributed by atoms with Crippen LogP contribution in [0.4, 0.5) is 4.39 Å². The summed E-state index contributed by atoms with van der Waals surface area (Å²) < 4.78 is 26.8. The zero-order valence-electron chi connectivity index (χ0n) is 22.4. The molecular weight excluding hydrogens is 491 g/mol. The molecule has 0 bridgehead atoms. The van der Waals surface area contributed by atoms with Gasteiger partial charge in [0.15, 0.2) is 5.58 Å². The first-order chi connectivity index (χ1) is 17.8. The van der Waals surface area contributed by atoms with Crippen molar-refractivity contribution < 1.29 is 28.0 Å². The Kier molecular flexibility index (Phi) is 8.32. The van der Waals surface area contributed by atoms with Crippen molar-refractivity contribution in [2.24, 2.45) is 0 Å². The molecule has 206 valence electrons. The third-order valence-corrected chi connectivity index (χ3v) is 8.03. The molecule has 2 aliphatic heterocycles.